The molecule has 2 saturated heterocycles. The van der Waals surface area contributed by atoms with E-state index >= 15 is 0 Å². The number of methoxy groups -OCH3 is 2. The Labute approximate surface area is 225 Å². The average molecular weight is 554 g/mol. The highest BCUT2D eigenvalue weighted by Crippen LogP contribution is 2.17. The van der Waals surface area contributed by atoms with Gasteiger partial charge in [0.15, 0.2) is 0 Å². The van der Waals surface area contributed by atoms with Gasteiger partial charge in [0.1, 0.15) is 23.8 Å². The van der Waals surface area contributed by atoms with Gasteiger partial charge in [-0.2, -0.15) is 0 Å². The molecule has 208 valence electrons. The number of hydrogen-bond acceptors (Lipinski definition) is 8. The van der Waals surface area contributed by atoms with Gasteiger partial charge >= 0.3 is 11.9 Å². The average Bonchev–Trinajstić information content (AvgIpc) is 2.81. The van der Waals surface area contributed by atoms with Crippen molar-refractivity contribution in [3.63, 3.8) is 0 Å². The van der Waals surface area contributed by atoms with Crippen molar-refractivity contribution in [2.24, 2.45) is 0 Å². The molecule has 0 saturated carbocycles. The molecule has 0 aromatic rings. The van der Waals surface area contributed by atoms with Gasteiger partial charge in [0.2, 0.25) is 0 Å². The predicted molar refractivity (Wildman–Crippen MR) is 141 cm³/mol. The Morgan fingerprint density at radius 1 is 0.917 bits per heavy atom. The largest absolute Gasteiger partial charge is 0.462 e. The van der Waals surface area contributed by atoms with E-state index in [-0.39, 0.29) is 47.9 Å². The van der Waals surface area contributed by atoms with Crippen molar-refractivity contribution in [1.82, 2.24) is 0 Å². The minimum absolute atomic E-state index is 0.00849. The molecular formula is C26H42Cl2O8. The van der Waals surface area contributed by atoms with E-state index in [0.717, 1.165) is 25.7 Å². The van der Waals surface area contributed by atoms with Crippen molar-refractivity contribution < 1.29 is 38.1 Å². The second-order valence-electron chi connectivity index (χ2n) is 8.20. The smallest absolute Gasteiger partial charge is 0.309 e. The molecule has 0 amide bonds. The van der Waals surface area contributed by atoms with Crippen molar-refractivity contribution in [1.29, 1.82) is 0 Å². The van der Waals surface area contributed by atoms with Crippen LogP contribution in [0, 0.1) is 0 Å². The summed E-state index contributed by atoms with van der Waals surface area (Å²) in [6.45, 7) is 10.3. The minimum Gasteiger partial charge on any atom is -0.462 e. The van der Waals surface area contributed by atoms with Gasteiger partial charge in [0.25, 0.3) is 0 Å². The monoisotopic (exact) mass is 552 g/mol. The maximum atomic E-state index is 10.7. The van der Waals surface area contributed by atoms with E-state index in [1.165, 1.54) is 6.92 Å². The van der Waals surface area contributed by atoms with Gasteiger partial charge < -0.3 is 18.9 Å². The van der Waals surface area contributed by atoms with Crippen molar-refractivity contribution in [2.45, 2.75) is 89.6 Å². The molecule has 2 fully saturated rings. The van der Waals surface area contributed by atoms with Crippen LogP contribution in [-0.4, -0.2) is 73.9 Å². The molecular weight excluding hydrogens is 511 g/mol. The molecule has 4 unspecified atom stereocenters. The topological polar surface area (TPSA) is 105 Å². The number of cyclic esters (lactones) is 2. The lowest BCUT2D eigenvalue weighted by atomic mass is 10.1. The molecule has 0 aromatic carbocycles. The summed E-state index contributed by atoms with van der Waals surface area (Å²) >= 11 is 10.7. The summed E-state index contributed by atoms with van der Waals surface area (Å²) in [4.78, 5) is 41.3. The number of carbonyl (C=O) groups excluding carboxylic acids is 4. The van der Waals surface area contributed by atoms with Crippen LogP contribution in [0.25, 0.3) is 0 Å². The number of allylic oxidation sites excluding steroid dienone is 2. The molecule has 0 N–H and O–H groups in total. The van der Waals surface area contributed by atoms with E-state index in [0.29, 0.717) is 37.4 Å². The molecule has 0 aliphatic carbocycles. The van der Waals surface area contributed by atoms with Crippen LogP contribution in [0.4, 0.5) is 0 Å². The summed E-state index contributed by atoms with van der Waals surface area (Å²) in [5.74, 6) is 0.917. The summed E-state index contributed by atoms with van der Waals surface area (Å²) in [7, 11) is 3.19. The maximum absolute atomic E-state index is 10.7. The zero-order chi connectivity index (χ0) is 27.9. The predicted octanol–water partition coefficient (Wildman–Crippen LogP) is 4.97. The van der Waals surface area contributed by atoms with E-state index in [4.69, 9.17) is 37.4 Å². The molecule has 2 rings (SSSR count). The normalized spacial score (nSPS) is 18.8. The van der Waals surface area contributed by atoms with Crippen molar-refractivity contribution >= 4 is 46.7 Å². The van der Waals surface area contributed by atoms with Crippen LogP contribution in [0.1, 0.15) is 65.2 Å². The number of ether oxygens (including phenoxy) is 4. The molecule has 0 spiro atoms. The zero-order valence-electron chi connectivity index (χ0n) is 22.0. The third-order valence-electron chi connectivity index (χ3n) is 4.81. The minimum atomic E-state index is -0.134. The Morgan fingerprint density at radius 3 is 1.64 bits per heavy atom. The first-order valence-electron chi connectivity index (χ1n) is 11.8. The zero-order valence-corrected chi connectivity index (χ0v) is 23.5. The number of hydrogen-bond donors (Lipinski definition) is 0. The summed E-state index contributed by atoms with van der Waals surface area (Å²) < 4.78 is 19.2. The van der Waals surface area contributed by atoms with Crippen LogP contribution >= 0.6 is 23.2 Å². The first-order chi connectivity index (χ1) is 17.1. The Kier molecular flexibility index (Phi) is 23.9. The quantitative estimate of drug-likeness (QED) is 0.169. The van der Waals surface area contributed by atoms with Crippen molar-refractivity contribution in [2.75, 3.05) is 26.0 Å². The van der Waals surface area contributed by atoms with Gasteiger partial charge in [0, 0.05) is 32.9 Å². The highest BCUT2D eigenvalue weighted by Gasteiger charge is 2.27. The highest BCUT2D eigenvalue weighted by molar-refractivity contribution is 6.18. The molecule has 2 aliphatic rings. The Balaban J connectivity index is 0. The Bertz CT molecular complexity index is 648. The molecule has 2 heterocycles. The van der Waals surface area contributed by atoms with E-state index in [2.05, 4.69) is 17.9 Å². The van der Waals surface area contributed by atoms with Crippen LogP contribution in [0.3, 0.4) is 0 Å². The van der Waals surface area contributed by atoms with Crippen LogP contribution < -0.4 is 0 Å². The summed E-state index contributed by atoms with van der Waals surface area (Å²) in [6.07, 6.45) is 9.57. The van der Waals surface area contributed by atoms with Crippen LogP contribution in [0.5, 0.6) is 0 Å². The van der Waals surface area contributed by atoms with Gasteiger partial charge in [-0.25, -0.2) is 0 Å². The summed E-state index contributed by atoms with van der Waals surface area (Å²) in [5.41, 5.74) is 0. The van der Waals surface area contributed by atoms with Gasteiger partial charge in [0.05, 0.1) is 30.9 Å². The fourth-order valence-corrected chi connectivity index (χ4v) is 3.13. The number of ketones is 2. The van der Waals surface area contributed by atoms with E-state index in [9.17, 15) is 19.2 Å². The lowest BCUT2D eigenvalue weighted by Gasteiger charge is -2.24. The molecule has 0 aromatic heterocycles. The second kappa shape index (κ2) is 23.6. The van der Waals surface area contributed by atoms with Gasteiger partial charge in [-0.3, -0.25) is 19.2 Å². The first kappa shape index (κ1) is 36.4. The van der Waals surface area contributed by atoms with Crippen LogP contribution in [0.2, 0.25) is 0 Å². The van der Waals surface area contributed by atoms with Gasteiger partial charge in [-0.05, 0) is 39.5 Å². The lowest BCUT2D eigenvalue weighted by Crippen LogP contribution is -2.33. The van der Waals surface area contributed by atoms with Crippen LogP contribution in [0.15, 0.2) is 25.3 Å². The first-order valence-corrected chi connectivity index (χ1v) is 12.9. The fraction of sp³-hybridized carbons (Fsp3) is 0.692. The summed E-state index contributed by atoms with van der Waals surface area (Å²) in [5, 5.41) is 0. The van der Waals surface area contributed by atoms with E-state index in [1.54, 1.807) is 21.1 Å². The highest BCUT2D eigenvalue weighted by atomic mass is 35.5. The molecule has 8 nitrogen and oxygen atoms in total. The Hall–Kier alpha value is -1.74. The standard InChI is InChI=1S/C9H16O2.C7H10O2.C6H11ClO2.C4H5ClO2/c1-4-5-6-9(11-3)7-8(2)10;1-2-3-4-6-5-7(8)9-6;1-5(8)3-6(4-7)9-2;5-2-3-1-4(6)7-3/h4,9H,1,5-7H2,2-3H3;2,6H,1,3-5H2;6H,3-4H2,1-2H3;3H,1-2H2. The number of alkyl halides is 2. The molecule has 10 heteroatoms. The maximum Gasteiger partial charge on any atom is 0.309 e. The molecule has 0 radical (unpaired) electrons. The number of Topliss-reactive ketones (excluding diaryl/α,β-unsaturated/α-hetero) is 2. The number of halogens is 2. The number of esters is 2. The number of carbonyl (C=O) groups is 4. The Morgan fingerprint density at radius 2 is 1.36 bits per heavy atom. The molecule has 4 atom stereocenters. The van der Waals surface area contributed by atoms with Gasteiger partial charge in [-0.1, -0.05) is 12.2 Å². The third kappa shape index (κ3) is 21.5. The van der Waals surface area contributed by atoms with Crippen LogP contribution in [-0.2, 0) is 38.1 Å². The molecule has 36 heavy (non-hydrogen) atoms. The van der Waals surface area contributed by atoms with E-state index < -0.39 is 0 Å². The third-order valence-corrected chi connectivity index (χ3v) is 5.50. The van der Waals surface area contributed by atoms with E-state index in [1.807, 2.05) is 12.2 Å². The molecule has 0 bridgehead atoms. The second-order valence-corrected chi connectivity index (χ2v) is 8.82. The van der Waals surface area contributed by atoms with Crippen molar-refractivity contribution in [3.8, 4) is 0 Å². The fourth-order valence-electron chi connectivity index (χ4n) is 2.72. The SMILES string of the molecule is C=CCCC(CC(C)=O)OC.C=CCCC1CC(=O)O1.COC(CCl)CC(C)=O.O=C1CC(CCl)O1. The lowest BCUT2D eigenvalue weighted by molar-refractivity contribution is -0.170. The van der Waals surface area contributed by atoms with Gasteiger partial charge in [-0.15, -0.1) is 36.4 Å². The molecule has 2 aliphatic heterocycles. The van der Waals surface area contributed by atoms with Crippen molar-refractivity contribution in [3.05, 3.63) is 25.3 Å². The summed E-state index contributed by atoms with van der Waals surface area (Å²) in [6, 6.07) is 0. The number of rotatable bonds is 14.